The summed E-state index contributed by atoms with van der Waals surface area (Å²) in [6, 6.07) is 3.91. The highest BCUT2D eigenvalue weighted by Crippen LogP contribution is 2.14. The van der Waals surface area contributed by atoms with Crippen molar-refractivity contribution in [1.29, 1.82) is 0 Å². The zero-order chi connectivity index (χ0) is 13.5. The van der Waals surface area contributed by atoms with Crippen LogP contribution < -0.4 is 10.1 Å². The third kappa shape index (κ3) is 4.21. The van der Waals surface area contributed by atoms with Gasteiger partial charge in [0.25, 0.3) is 0 Å². The Morgan fingerprint density at radius 3 is 3.16 bits per heavy atom. The molecule has 0 aliphatic carbocycles. The van der Waals surface area contributed by atoms with Crippen molar-refractivity contribution in [3.05, 3.63) is 24.0 Å². The van der Waals surface area contributed by atoms with Crippen LogP contribution in [0.5, 0.6) is 5.75 Å². The van der Waals surface area contributed by atoms with Crippen molar-refractivity contribution in [3.8, 4) is 5.75 Å². The Bertz CT molecular complexity index is 417. The molecule has 1 aliphatic heterocycles. The fourth-order valence-corrected chi connectivity index (χ4v) is 2.21. The molecule has 1 aliphatic rings. The average molecular weight is 264 g/mol. The van der Waals surface area contributed by atoms with Crippen LogP contribution in [0, 0.1) is 0 Å². The van der Waals surface area contributed by atoms with E-state index in [9.17, 15) is 4.79 Å². The van der Waals surface area contributed by atoms with Crippen LogP contribution >= 0.6 is 0 Å². The van der Waals surface area contributed by atoms with Crippen LogP contribution in [0.4, 0.5) is 0 Å². The Morgan fingerprint density at radius 1 is 1.53 bits per heavy atom. The lowest BCUT2D eigenvalue weighted by molar-refractivity contribution is 0.0593. The molecule has 0 saturated carbocycles. The number of hydrogen-bond donors (Lipinski definition) is 1. The van der Waals surface area contributed by atoms with E-state index in [0.717, 1.165) is 13.0 Å². The minimum absolute atomic E-state index is 0.274. The molecule has 5 nitrogen and oxygen atoms in total. The summed E-state index contributed by atoms with van der Waals surface area (Å²) in [5, 5.41) is 3.48. The second-order valence-electron chi connectivity index (χ2n) is 4.65. The summed E-state index contributed by atoms with van der Waals surface area (Å²) >= 11 is 0. The Kier molecular flexibility index (Phi) is 5.15. The van der Waals surface area contributed by atoms with Crippen LogP contribution in [0.2, 0.25) is 0 Å². The Morgan fingerprint density at radius 2 is 2.42 bits per heavy atom. The number of pyridine rings is 1. The van der Waals surface area contributed by atoms with Crippen molar-refractivity contribution in [2.75, 3.05) is 20.3 Å². The van der Waals surface area contributed by atoms with Crippen molar-refractivity contribution >= 4 is 5.97 Å². The number of ether oxygens (including phenoxy) is 2. The fraction of sp³-hybridized carbons (Fsp3) is 0.571. The number of methoxy groups -OCH3 is 1. The fourth-order valence-electron chi connectivity index (χ4n) is 2.21. The van der Waals surface area contributed by atoms with Gasteiger partial charge in [0, 0.05) is 18.3 Å². The molecule has 19 heavy (non-hydrogen) atoms. The number of nitrogens with one attached hydrogen (secondary N) is 1. The molecule has 1 atom stereocenters. The maximum atomic E-state index is 11.3. The molecule has 0 amide bonds. The predicted octanol–water partition coefficient (Wildman–Crippen LogP) is 1.78. The number of esters is 1. The summed E-state index contributed by atoms with van der Waals surface area (Å²) in [4.78, 5) is 15.3. The number of nitrogens with zero attached hydrogens (tertiary/aromatic N) is 1. The molecule has 0 spiro atoms. The zero-order valence-electron chi connectivity index (χ0n) is 11.2. The van der Waals surface area contributed by atoms with Crippen molar-refractivity contribution < 1.29 is 14.3 Å². The van der Waals surface area contributed by atoms with E-state index in [-0.39, 0.29) is 5.69 Å². The monoisotopic (exact) mass is 264 g/mol. The van der Waals surface area contributed by atoms with Gasteiger partial charge in [-0.25, -0.2) is 9.78 Å². The Balaban J connectivity index is 1.80. The second-order valence-corrected chi connectivity index (χ2v) is 4.65. The number of aromatic nitrogens is 1. The van der Waals surface area contributed by atoms with Gasteiger partial charge in [-0.1, -0.05) is 6.42 Å². The molecule has 5 heteroatoms. The number of carbonyl (C=O) groups is 1. The SMILES string of the molecule is COC(=O)c1cc(OCCC2CCCCN2)ccn1. The molecule has 0 bridgehead atoms. The molecule has 1 saturated heterocycles. The van der Waals surface area contributed by atoms with Gasteiger partial charge >= 0.3 is 5.97 Å². The first-order valence-corrected chi connectivity index (χ1v) is 6.70. The van der Waals surface area contributed by atoms with Gasteiger partial charge in [-0.15, -0.1) is 0 Å². The average Bonchev–Trinajstić information content (AvgIpc) is 2.48. The summed E-state index contributed by atoms with van der Waals surface area (Å²) in [7, 11) is 1.34. The second kappa shape index (κ2) is 7.09. The smallest absolute Gasteiger partial charge is 0.356 e. The topological polar surface area (TPSA) is 60.5 Å². The Labute approximate surface area is 113 Å². The molecule has 2 heterocycles. The highest BCUT2D eigenvalue weighted by Gasteiger charge is 2.12. The van der Waals surface area contributed by atoms with Crippen molar-refractivity contribution in [2.24, 2.45) is 0 Å². The van der Waals surface area contributed by atoms with Gasteiger partial charge in [0.2, 0.25) is 0 Å². The molecule has 1 aromatic heterocycles. The molecular formula is C14H20N2O3. The number of hydrogen-bond acceptors (Lipinski definition) is 5. The molecule has 1 N–H and O–H groups in total. The van der Waals surface area contributed by atoms with Crippen LogP contribution in [-0.4, -0.2) is 37.3 Å². The van der Waals surface area contributed by atoms with Gasteiger partial charge in [-0.2, -0.15) is 0 Å². The van der Waals surface area contributed by atoms with Crippen LogP contribution in [0.25, 0.3) is 0 Å². The lowest BCUT2D eigenvalue weighted by Crippen LogP contribution is -2.35. The minimum atomic E-state index is -0.445. The summed E-state index contributed by atoms with van der Waals surface area (Å²) in [5.41, 5.74) is 0.274. The van der Waals surface area contributed by atoms with Crippen LogP contribution in [0.1, 0.15) is 36.2 Å². The van der Waals surface area contributed by atoms with Crippen LogP contribution in [0.3, 0.4) is 0 Å². The van der Waals surface area contributed by atoms with Gasteiger partial charge < -0.3 is 14.8 Å². The first-order valence-electron chi connectivity index (χ1n) is 6.70. The van der Waals surface area contributed by atoms with E-state index < -0.39 is 5.97 Å². The van der Waals surface area contributed by atoms with E-state index in [1.54, 1.807) is 18.3 Å². The van der Waals surface area contributed by atoms with Gasteiger partial charge in [-0.05, 0) is 31.9 Å². The molecule has 1 fully saturated rings. The third-order valence-corrected chi connectivity index (χ3v) is 3.27. The summed E-state index contributed by atoms with van der Waals surface area (Å²) in [6.45, 7) is 1.74. The summed E-state index contributed by atoms with van der Waals surface area (Å²) in [6.07, 6.45) is 6.31. The largest absolute Gasteiger partial charge is 0.493 e. The summed E-state index contributed by atoms with van der Waals surface area (Å²) < 4.78 is 10.3. The number of rotatable bonds is 5. The normalized spacial score (nSPS) is 18.9. The van der Waals surface area contributed by atoms with Crippen LogP contribution in [0.15, 0.2) is 18.3 Å². The molecule has 0 radical (unpaired) electrons. The highest BCUT2D eigenvalue weighted by molar-refractivity contribution is 5.87. The van der Waals surface area contributed by atoms with E-state index in [0.29, 0.717) is 18.4 Å². The molecule has 2 rings (SSSR count). The van der Waals surface area contributed by atoms with Gasteiger partial charge in [0.15, 0.2) is 5.69 Å². The summed E-state index contributed by atoms with van der Waals surface area (Å²) in [5.74, 6) is 0.214. The molecule has 1 unspecified atom stereocenters. The lowest BCUT2D eigenvalue weighted by Gasteiger charge is -2.23. The molecular weight excluding hydrogens is 244 g/mol. The quantitative estimate of drug-likeness (QED) is 0.821. The van der Waals surface area contributed by atoms with Gasteiger partial charge in [-0.3, -0.25) is 0 Å². The molecule has 1 aromatic rings. The Hall–Kier alpha value is -1.62. The first kappa shape index (κ1) is 13.8. The maximum Gasteiger partial charge on any atom is 0.356 e. The highest BCUT2D eigenvalue weighted by atomic mass is 16.5. The van der Waals surface area contributed by atoms with E-state index in [2.05, 4.69) is 15.0 Å². The van der Waals surface area contributed by atoms with Crippen molar-refractivity contribution in [1.82, 2.24) is 10.3 Å². The molecule has 0 aromatic carbocycles. The maximum absolute atomic E-state index is 11.3. The van der Waals surface area contributed by atoms with Gasteiger partial charge in [0.1, 0.15) is 5.75 Å². The third-order valence-electron chi connectivity index (χ3n) is 3.27. The standard InChI is InChI=1S/C14H20N2O3/c1-18-14(17)13-10-12(5-8-16-13)19-9-6-11-4-2-3-7-15-11/h5,8,10-11,15H,2-4,6-7,9H2,1H3. The van der Waals surface area contributed by atoms with E-state index >= 15 is 0 Å². The number of piperidine rings is 1. The van der Waals surface area contributed by atoms with Crippen LogP contribution in [-0.2, 0) is 4.74 Å². The zero-order valence-corrected chi connectivity index (χ0v) is 11.2. The van der Waals surface area contributed by atoms with E-state index in [1.807, 2.05) is 0 Å². The van der Waals surface area contributed by atoms with Crippen molar-refractivity contribution in [2.45, 2.75) is 31.7 Å². The predicted molar refractivity (Wildman–Crippen MR) is 71.3 cm³/mol. The van der Waals surface area contributed by atoms with Crippen molar-refractivity contribution in [3.63, 3.8) is 0 Å². The van der Waals surface area contributed by atoms with E-state index in [4.69, 9.17) is 4.74 Å². The first-order chi connectivity index (χ1) is 9.29. The van der Waals surface area contributed by atoms with Gasteiger partial charge in [0.05, 0.1) is 13.7 Å². The number of carbonyl (C=O) groups excluding carboxylic acids is 1. The lowest BCUT2D eigenvalue weighted by atomic mass is 10.0. The van der Waals surface area contributed by atoms with E-state index in [1.165, 1.54) is 26.4 Å². The molecule has 104 valence electrons. The minimum Gasteiger partial charge on any atom is -0.493 e.